The van der Waals surface area contributed by atoms with Crippen molar-refractivity contribution < 1.29 is 0 Å². The molecule has 16 heavy (non-hydrogen) atoms. The maximum Gasteiger partial charge on any atom is 0.0195 e. The lowest BCUT2D eigenvalue weighted by Gasteiger charge is -2.35. The van der Waals surface area contributed by atoms with Gasteiger partial charge in [-0.2, -0.15) is 0 Å². The van der Waals surface area contributed by atoms with Crippen LogP contribution in [-0.2, 0) is 0 Å². The number of likely N-dealkylation sites (tertiary alicyclic amines) is 1. The number of nitrogens with one attached hydrogen (secondary N) is 1. The van der Waals surface area contributed by atoms with Crippen molar-refractivity contribution in [3.8, 4) is 0 Å². The average Bonchev–Trinajstić information content (AvgIpc) is 2.25. The Balaban J connectivity index is 1.61. The second-order valence-electron chi connectivity index (χ2n) is 5.68. The van der Waals surface area contributed by atoms with E-state index in [1.165, 1.54) is 71.1 Å². The van der Waals surface area contributed by atoms with E-state index in [4.69, 9.17) is 0 Å². The van der Waals surface area contributed by atoms with Gasteiger partial charge in [0.1, 0.15) is 0 Å². The second kappa shape index (κ2) is 6.61. The molecule has 1 aliphatic carbocycles. The zero-order chi connectivity index (χ0) is 11.2. The summed E-state index contributed by atoms with van der Waals surface area (Å²) in [6.45, 7) is 7.45. The predicted molar refractivity (Wildman–Crippen MR) is 69.7 cm³/mol. The van der Waals surface area contributed by atoms with E-state index in [2.05, 4.69) is 17.1 Å². The average molecular weight is 224 g/mol. The molecular weight excluding hydrogens is 196 g/mol. The van der Waals surface area contributed by atoms with Crippen LogP contribution in [0.25, 0.3) is 0 Å². The number of piperidine rings is 1. The van der Waals surface area contributed by atoms with Crippen LogP contribution in [0.1, 0.15) is 51.9 Å². The van der Waals surface area contributed by atoms with E-state index in [-0.39, 0.29) is 0 Å². The topological polar surface area (TPSA) is 15.3 Å². The molecule has 0 aromatic heterocycles. The quantitative estimate of drug-likeness (QED) is 0.746. The second-order valence-corrected chi connectivity index (χ2v) is 5.68. The van der Waals surface area contributed by atoms with Gasteiger partial charge in [-0.3, -0.25) is 0 Å². The maximum atomic E-state index is 3.68. The summed E-state index contributed by atoms with van der Waals surface area (Å²) in [7, 11) is 0. The van der Waals surface area contributed by atoms with Crippen LogP contribution in [0, 0.1) is 5.92 Å². The van der Waals surface area contributed by atoms with E-state index in [0.717, 1.165) is 12.0 Å². The van der Waals surface area contributed by atoms with Gasteiger partial charge < -0.3 is 10.2 Å². The molecule has 2 fully saturated rings. The van der Waals surface area contributed by atoms with E-state index >= 15 is 0 Å². The first kappa shape index (κ1) is 12.4. The van der Waals surface area contributed by atoms with Crippen LogP contribution in [0.3, 0.4) is 0 Å². The summed E-state index contributed by atoms with van der Waals surface area (Å²) in [4.78, 5) is 2.69. The minimum atomic E-state index is 0.773. The Morgan fingerprint density at radius 2 is 2.06 bits per heavy atom. The highest BCUT2D eigenvalue weighted by Crippen LogP contribution is 2.29. The molecule has 1 aliphatic heterocycles. The summed E-state index contributed by atoms with van der Waals surface area (Å²) in [5.41, 5.74) is 0. The van der Waals surface area contributed by atoms with E-state index in [0.29, 0.717) is 0 Å². The Hall–Kier alpha value is -0.0800. The molecule has 0 bridgehead atoms. The summed E-state index contributed by atoms with van der Waals surface area (Å²) in [6, 6.07) is 0.773. The highest BCUT2D eigenvalue weighted by atomic mass is 15.2. The molecular formula is C14H28N2. The predicted octanol–water partition coefficient (Wildman–Crippen LogP) is 2.64. The molecule has 0 radical (unpaired) electrons. The van der Waals surface area contributed by atoms with Gasteiger partial charge in [-0.1, -0.05) is 26.2 Å². The highest BCUT2D eigenvalue weighted by molar-refractivity contribution is 4.79. The molecule has 2 heteroatoms. The Kier molecular flexibility index (Phi) is 5.11. The molecule has 94 valence electrons. The van der Waals surface area contributed by atoms with Crippen molar-refractivity contribution >= 4 is 0 Å². The number of rotatable bonds is 6. The van der Waals surface area contributed by atoms with E-state index < -0.39 is 0 Å². The van der Waals surface area contributed by atoms with Crippen LogP contribution in [0.5, 0.6) is 0 Å². The fraction of sp³-hybridized carbons (Fsp3) is 1.00. The maximum absolute atomic E-state index is 3.68. The van der Waals surface area contributed by atoms with Gasteiger partial charge in [0, 0.05) is 12.6 Å². The number of hydrogen-bond acceptors (Lipinski definition) is 2. The van der Waals surface area contributed by atoms with Gasteiger partial charge in [-0.15, -0.1) is 0 Å². The first-order valence-electron chi connectivity index (χ1n) is 7.34. The van der Waals surface area contributed by atoms with Gasteiger partial charge >= 0.3 is 0 Å². The molecule has 0 aromatic carbocycles. The van der Waals surface area contributed by atoms with Crippen LogP contribution in [0.15, 0.2) is 0 Å². The lowest BCUT2D eigenvalue weighted by molar-refractivity contribution is 0.164. The minimum Gasteiger partial charge on any atom is -0.313 e. The number of hydrogen-bond donors (Lipinski definition) is 1. The Bertz CT molecular complexity index is 189. The van der Waals surface area contributed by atoms with Crippen LogP contribution in [-0.4, -0.2) is 37.1 Å². The standard InChI is InChI=1S/C14H28N2/c1-2-9-15-14-7-4-10-16(12-14)11-8-13-5-3-6-13/h13-15H,2-12H2,1H3. The molecule has 2 nitrogen and oxygen atoms in total. The van der Waals surface area contributed by atoms with Crippen LogP contribution in [0.4, 0.5) is 0 Å². The van der Waals surface area contributed by atoms with Gasteiger partial charge in [0.25, 0.3) is 0 Å². The summed E-state index contributed by atoms with van der Waals surface area (Å²) in [6.07, 6.45) is 10.0. The van der Waals surface area contributed by atoms with Gasteiger partial charge in [0.15, 0.2) is 0 Å². The van der Waals surface area contributed by atoms with Crippen LogP contribution >= 0.6 is 0 Å². The Morgan fingerprint density at radius 3 is 2.75 bits per heavy atom. The van der Waals surface area contributed by atoms with E-state index in [9.17, 15) is 0 Å². The van der Waals surface area contributed by atoms with Crippen LogP contribution < -0.4 is 5.32 Å². The van der Waals surface area contributed by atoms with Crippen molar-refractivity contribution in [1.29, 1.82) is 0 Å². The normalized spacial score (nSPS) is 27.9. The van der Waals surface area contributed by atoms with E-state index in [1.807, 2.05) is 0 Å². The third-order valence-corrected chi connectivity index (χ3v) is 4.27. The lowest BCUT2D eigenvalue weighted by Crippen LogP contribution is -2.46. The molecule has 1 saturated heterocycles. The number of nitrogens with zero attached hydrogens (tertiary/aromatic N) is 1. The van der Waals surface area contributed by atoms with Crippen molar-refractivity contribution in [1.82, 2.24) is 10.2 Å². The molecule has 1 N–H and O–H groups in total. The SMILES string of the molecule is CCCNC1CCCN(CCC2CCC2)C1. The fourth-order valence-electron chi connectivity index (χ4n) is 2.92. The van der Waals surface area contributed by atoms with Gasteiger partial charge in [-0.25, -0.2) is 0 Å². The molecule has 0 amide bonds. The third kappa shape index (κ3) is 3.74. The minimum absolute atomic E-state index is 0.773. The lowest BCUT2D eigenvalue weighted by atomic mass is 9.83. The molecule has 1 unspecified atom stereocenters. The first-order chi connectivity index (χ1) is 7.88. The monoisotopic (exact) mass is 224 g/mol. The third-order valence-electron chi connectivity index (χ3n) is 4.27. The Morgan fingerprint density at radius 1 is 1.19 bits per heavy atom. The highest BCUT2D eigenvalue weighted by Gasteiger charge is 2.22. The molecule has 1 atom stereocenters. The molecule has 1 saturated carbocycles. The van der Waals surface area contributed by atoms with Gasteiger partial charge in [0.05, 0.1) is 0 Å². The molecule has 0 spiro atoms. The van der Waals surface area contributed by atoms with Gasteiger partial charge in [0.2, 0.25) is 0 Å². The van der Waals surface area contributed by atoms with Crippen LogP contribution in [0.2, 0.25) is 0 Å². The summed E-state index contributed by atoms with van der Waals surface area (Å²) in [5, 5.41) is 3.68. The summed E-state index contributed by atoms with van der Waals surface area (Å²) in [5.74, 6) is 1.07. The fourth-order valence-corrected chi connectivity index (χ4v) is 2.92. The molecule has 1 heterocycles. The van der Waals surface area contributed by atoms with Gasteiger partial charge in [-0.05, 0) is 51.2 Å². The molecule has 2 aliphatic rings. The largest absolute Gasteiger partial charge is 0.313 e. The van der Waals surface area contributed by atoms with Crippen molar-refractivity contribution in [2.24, 2.45) is 5.92 Å². The first-order valence-corrected chi connectivity index (χ1v) is 7.34. The van der Waals surface area contributed by atoms with Crippen molar-refractivity contribution in [3.05, 3.63) is 0 Å². The summed E-state index contributed by atoms with van der Waals surface area (Å²) < 4.78 is 0. The van der Waals surface area contributed by atoms with Crippen molar-refractivity contribution in [2.75, 3.05) is 26.2 Å². The Labute approximate surface area is 101 Å². The van der Waals surface area contributed by atoms with Crippen molar-refractivity contribution in [3.63, 3.8) is 0 Å². The zero-order valence-electron chi connectivity index (χ0n) is 10.9. The molecule has 2 rings (SSSR count). The zero-order valence-corrected chi connectivity index (χ0v) is 10.9. The van der Waals surface area contributed by atoms with E-state index in [1.54, 1.807) is 0 Å². The molecule has 0 aromatic rings. The smallest absolute Gasteiger partial charge is 0.0195 e. The van der Waals surface area contributed by atoms with Crippen molar-refractivity contribution in [2.45, 2.75) is 57.9 Å². The summed E-state index contributed by atoms with van der Waals surface area (Å²) >= 11 is 0.